The molecule has 3 aromatic heterocycles. The van der Waals surface area contributed by atoms with Crippen LogP contribution in [0.15, 0.2) is 18.7 Å². The highest BCUT2D eigenvalue weighted by Gasteiger charge is 2.16. The quantitative estimate of drug-likeness (QED) is 0.714. The van der Waals surface area contributed by atoms with Gasteiger partial charge in [-0.15, -0.1) is 0 Å². The summed E-state index contributed by atoms with van der Waals surface area (Å²) >= 11 is 0. The van der Waals surface area contributed by atoms with E-state index in [1.807, 2.05) is 38.7 Å². The van der Waals surface area contributed by atoms with Gasteiger partial charge in [0.15, 0.2) is 0 Å². The Morgan fingerprint density at radius 3 is 2.75 bits per heavy atom. The number of fused-ring (bicyclic) bond motifs is 1. The molecule has 3 rings (SSSR count). The Kier molecular flexibility index (Phi) is 2.89. The maximum absolute atomic E-state index is 4.43. The molecule has 0 unspecified atom stereocenters. The molecule has 20 heavy (non-hydrogen) atoms. The number of hydrogen-bond donors (Lipinski definition) is 0. The molecule has 0 aliphatic rings. The van der Waals surface area contributed by atoms with Gasteiger partial charge in [-0.05, 0) is 13.8 Å². The Bertz CT molecular complexity index is 755. The van der Waals surface area contributed by atoms with Crippen LogP contribution in [0.1, 0.15) is 17.1 Å². The summed E-state index contributed by atoms with van der Waals surface area (Å²) in [4.78, 5) is 15.1. The molecule has 0 atom stereocenters. The second kappa shape index (κ2) is 4.59. The maximum atomic E-state index is 4.43. The van der Waals surface area contributed by atoms with Gasteiger partial charge in [0, 0.05) is 37.7 Å². The molecule has 3 aromatic rings. The van der Waals surface area contributed by atoms with Crippen molar-refractivity contribution in [1.82, 2.24) is 29.1 Å². The van der Waals surface area contributed by atoms with Gasteiger partial charge in [0.2, 0.25) is 0 Å². The van der Waals surface area contributed by atoms with Crippen molar-refractivity contribution in [3.05, 3.63) is 35.8 Å². The van der Waals surface area contributed by atoms with Crippen LogP contribution >= 0.6 is 0 Å². The summed E-state index contributed by atoms with van der Waals surface area (Å²) < 4.78 is 3.78. The molecule has 7 heteroatoms. The lowest BCUT2D eigenvalue weighted by Gasteiger charge is -2.22. The molecular weight excluding hydrogens is 254 g/mol. The van der Waals surface area contributed by atoms with Crippen molar-refractivity contribution in [2.75, 3.05) is 11.9 Å². The Hall–Kier alpha value is -2.44. The van der Waals surface area contributed by atoms with E-state index in [9.17, 15) is 0 Å². The highest BCUT2D eigenvalue weighted by Crippen LogP contribution is 2.22. The van der Waals surface area contributed by atoms with Crippen molar-refractivity contribution < 1.29 is 0 Å². The molecule has 0 saturated heterocycles. The average molecular weight is 271 g/mol. The van der Waals surface area contributed by atoms with Gasteiger partial charge in [0.1, 0.15) is 18.0 Å². The minimum absolute atomic E-state index is 0.620. The molecule has 0 fully saturated rings. The van der Waals surface area contributed by atoms with E-state index in [0.29, 0.717) is 12.3 Å². The van der Waals surface area contributed by atoms with E-state index >= 15 is 0 Å². The van der Waals surface area contributed by atoms with Gasteiger partial charge >= 0.3 is 0 Å². The van der Waals surface area contributed by atoms with E-state index in [1.54, 1.807) is 10.7 Å². The molecule has 0 radical (unpaired) electrons. The van der Waals surface area contributed by atoms with Gasteiger partial charge in [0.25, 0.3) is 5.78 Å². The van der Waals surface area contributed by atoms with Crippen LogP contribution < -0.4 is 4.90 Å². The fourth-order valence-corrected chi connectivity index (χ4v) is 2.30. The standard InChI is InChI=1S/C13H17N7/c1-9-10(2)17-13-15-8-16-20(13)12(9)19(4)7-11-14-5-6-18(11)3/h5-6,8H,7H2,1-4H3. The van der Waals surface area contributed by atoms with Gasteiger partial charge in [-0.2, -0.15) is 14.6 Å². The van der Waals surface area contributed by atoms with Crippen LogP contribution in [0.25, 0.3) is 5.78 Å². The van der Waals surface area contributed by atoms with Crippen LogP contribution in [0.3, 0.4) is 0 Å². The van der Waals surface area contributed by atoms with E-state index in [2.05, 4.69) is 25.0 Å². The van der Waals surface area contributed by atoms with E-state index in [1.165, 1.54) is 6.33 Å². The molecule has 0 saturated carbocycles. The summed E-state index contributed by atoms with van der Waals surface area (Å²) in [6.07, 6.45) is 5.27. The van der Waals surface area contributed by atoms with Crippen molar-refractivity contribution in [2.45, 2.75) is 20.4 Å². The average Bonchev–Trinajstić information content (AvgIpc) is 3.00. The lowest BCUT2D eigenvalue weighted by molar-refractivity contribution is 0.737. The minimum atomic E-state index is 0.620. The Morgan fingerprint density at radius 1 is 1.25 bits per heavy atom. The van der Waals surface area contributed by atoms with Crippen molar-refractivity contribution >= 4 is 11.6 Å². The zero-order valence-electron chi connectivity index (χ0n) is 12.1. The number of anilines is 1. The van der Waals surface area contributed by atoms with Crippen molar-refractivity contribution in [2.24, 2.45) is 7.05 Å². The van der Waals surface area contributed by atoms with Crippen LogP contribution in [0.2, 0.25) is 0 Å². The summed E-state index contributed by atoms with van der Waals surface area (Å²) in [5.41, 5.74) is 2.06. The van der Waals surface area contributed by atoms with Crippen molar-refractivity contribution in [3.8, 4) is 0 Å². The predicted molar refractivity (Wildman–Crippen MR) is 75.6 cm³/mol. The third kappa shape index (κ3) is 1.91. The van der Waals surface area contributed by atoms with Crippen LogP contribution in [0.5, 0.6) is 0 Å². The monoisotopic (exact) mass is 271 g/mol. The van der Waals surface area contributed by atoms with Crippen LogP contribution in [-0.4, -0.2) is 36.2 Å². The zero-order valence-corrected chi connectivity index (χ0v) is 12.1. The predicted octanol–water partition coefficient (Wildman–Crippen LogP) is 1.11. The lowest BCUT2D eigenvalue weighted by atomic mass is 10.2. The highest BCUT2D eigenvalue weighted by atomic mass is 15.4. The smallest absolute Gasteiger partial charge is 0.254 e. The topological polar surface area (TPSA) is 64.1 Å². The number of hydrogen-bond acceptors (Lipinski definition) is 5. The number of aryl methyl sites for hydroxylation is 2. The fourth-order valence-electron chi connectivity index (χ4n) is 2.30. The summed E-state index contributed by atoms with van der Waals surface area (Å²) in [7, 11) is 4.02. The largest absolute Gasteiger partial charge is 0.352 e. The summed E-state index contributed by atoms with van der Waals surface area (Å²) in [5, 5.41) is 4.27. The third-order valence-electron chi connectivity index (χ3n) is 3.54. The van der Waals surface area contributed by atoms with E-state index in [4.69, 9.17) is 0 Å². The molecule has 7 nitrogen and oxygen atoms in total. The Labute approximate surface area is 116 Å². The van der Waals surface area contributed by atoms with Crippen molar-refractivity contribution in [3.63, 3.8) is 0 Å². The zero-order chi connectivity index (χ0) is 14.3. The van der Waals surface area contributed by atoms with Gasteiger partial charge in [-0.1, -0.05) is 0 Å². The van der Waals surface area contributed by atoms with Gasteiger partial charge in [-0.25, -0.2) is 9.97 Å². The molecule has 0 aliphatic heterocycles. The maximum Gasteiger partial charge on any atom is 0.254 e. The SMILES string of the molecule is Cc1nc2ncnn2c(N(C)Cc2nccn2C)c1C. The third-order valence-corrected chi connectivity index (χ3v) is 3.54. The number of imidazole rings is 1. The fraction of sp³-hybridized carbons (Fsp3) is 0.385. The second-order valence-electron chi connectivity index (χ2n) is 4.93. The summed E-state index contributed by atoms with van der Waals surface area (Å²) in [6, 6.07) is 0. The lowest BCUT2D eigenvalue weighted by Crippen LogP contribution is -2.23. The Morgan fingerprint density at radius 2 is 2.05 bits per heavy atom. The molecule has 3 heterocycles. The second-order valence-corrected chi connectivity index (χ2v) is 4.93. The summed E-state index contributed by atoms with van der Waals surface area (Å²) in [6.45, 7) is 4.73. The first-order valence-corrected chi connectivity index (χ1v) is 6.42. The molecule has 104 valence electrons. The van der Waals surface area contributed by atoms with Crippen molar-refractivity contribution in [1.29, 1.82) is 0 Å². The minimum Gasteiger partial charge on any atom is -0.352 e. The molecule has 0 amide bonds. The number of rotatable bonds is 3. The molecular formula is C13H17N7. The molecule has 0 aliphatic carbocycles. The summed E-state index contributed by atoms with van der Waals surface area (Å²) in [5.74, 6) is 2.61. The van der Waals surface area contributed by atoms with Gasteiger partial charge < -0.3 is 9.47 Å². The van der Waals surface area contributed by atoms with Crippen LogP contribution in [-0.2, 0) is 13.6 Å². The van der Waals surface area contributed by atoms with Crippen LogP contribution in [0, 0.1) is 13.8 Å². The highest BCUT2D eigenvalue weighted by molar-refractivity contribution is 5.53. The van der Waals surface area contributed by atoms with E-state index in [0.717, 1.165) is 22.9 Å². The van der Waals surface area contributed by atoms with Gasteiger partial charge in [0.05, 0.1) is 6.54 Å². The molecule has 0 spiro atoms. The molecule has 0 bridgehead atoms. The van der Waals surface area contributed by atoms with Crippen LogP contribution in [0.4, 0.5) is 5.82 Å². The first-order chi connectivity index (χ1) is 9.58. The normalized spacial score (nSPS) is 11.2. The number of nitrogens with zero attached hydrogens (tertiary/aromatic N) is 7. The first kappa shape index (κ1) is 12.6. The van der Waals surface area contributed by atoms with Gasteiger partial charge in [-0.3, -0.25) is 0 Å². The molecule has 0 N–H and O–H groups in total. The first-order valence-electron chi connectivity index (χ1n) is 6.42. The van der Waals surface area contributed by atoms with E-state index < -0.39 is 0 Å². The number of aromatic nitrogens is 6. The molecule has 0 aromatic carbocycles. The van der Waals surface area contributed by atoms with E-state index in [-0.39, 0.29) is 0 Å². The Balaban J connectivity index is 2.06.